The molecule has 0 amide bonds. The van der Waals surface area contributed by atoms with Crippen molar-refractivity contribution in [3.63, 3.8) is 0 Å². The molecule has 0 bridgehead atoms. The molecular weight excluding hydrogens is 292 g/mol. The number of esters is 1. The number of hydrogen-bond donors (Lipinski definition) is 1. The van der Waals surface area contributed by atoms with E-state index in [4.69, 9.17) is 4.74 Å². The molecule has 0 fully saturated rings. The topological polar surface area (TPSA) is 72.8 Å². The maximum absolute atomic E-state index is 11.8. The van der Waals surface area contributed by atoms with Crippen molar-refractivity contribution in [2.75, 3.05) is 6.61 Å². The van der Waals surface area contributed by atoms with Gasteiger partial charge in [-0.25, -0.2) is 4.98 Å². The van der Waals surface area contributed by atoms with Crippen LogP contribution in [-0.2, 0) is 15.1 Å². The minimum atomic E-state index is -0.450. The van der Waals surface area contributed by atoms with Gasteiger partial charge in [0.15, 0.2) is 0 Å². The van der Waals surface area contributed by atoms with Crippen LogP contribution < -0.4 is 0 Å². The lowest BCUT2D eigenvalue weighted by Crippen LogP contribution is -2.30. The summed E-state index contributed by atoms with van der Waals surface area (Å²) in [6.07, 6.45) is 7.69. The van der Waals surface area contributed by atoms with Gasteiger partial charge in [-0.2, -0.15) is 5.10 Å². The number of fused-ring (bicyclic) bond motifs is 1. The first-order valence-corrected chi connectivity index (χ1v) is 7.64. The van der Waals surface area contributed by atoms with E-state index in [2.05, 4.69) is 15.1 Å². The number of carbonyl (C=O) groups excluding carboxylic acids is 1. The van der Waals surface area contributed by atoms with Crippen molar-refractivity contribution in [3.05, 3.63) is 36.9 Å². The van der Waals surface area contributed by atoms with Crippen LogP contribution in [0, 0.1) is 0 Å². The van der Waals surface area contributed by atoms with Crippen molar-refractivity contribution < 1.29 is 9.53 Å². The smallest absolute Gasteiger partial charge is 0.308 e. The Morgan fingerprint density at radius 3 is 3.00 bits per heavy atom. The Kier molecular flexibility index (Phi) is 3.90. The van der Waals surface area contributed by atoms with E-state index < -0.39 is 5.54 Å². The van der Waals surface area contributed by atoms with Crippen molar-refractivity contribution in [2.24, 2.45) is 0 Å². The molecular formula is C17H20N4O2. The molecule has 0 aliphatic rings. The summed E-state index contributed by atoms with van der Waals surface area (Å²) in [6, 6.07) is 3.97. The van der Waals surface area contributed by atoms with Crippen molar-refractivity contribution in [1.82, 2.24) is 19.7 Å². The first-order chi connectivity index (χ1) is 11.0. The molecule has 3 rings (SSSR count). The summed E-state index contributed by atoms with van der Waals surface area (Å²) >= 11 is 0. The second-order valence-corrected chi connectivity index (χ2v) is 6.07. The number of ether oxygens (including phenoxy) is 1. The summed E-state index contributed by atoms with van der Waals surface area (Å²) in [5.74, 6) is -0.216. The van der Waals surface area contributed by atoms with Gasteiger partial charge in [-0.1, -0.05) is 0 Å². The van der Waals surface area contributed by atoms with Crippen LogP contribution in [-0.4, -0.2) is 32.3 Å². The quantitative estimate of drug-likeness (QED) is 0.735. The van der Waals surface area contributed by atoms with Gasteiger partial charge in [-0.05, 0) is 38.5 Å². The largest absolute Gasteiger partial charge is 0.466 e. The Morgan fingerprint density at radius 1 is 1.39 bits per heavy atom. The fourth-order valence-electron chi connectivity index (χ4n) is 2.65. The number of pyridine rings is 1. The molecule has 0 unspecified atom stereocenters. The molecule has 0 aliphatic carbocycles. The van der Waals surface area contributed by atoms with Gasteiger partial charge in [-0.15, -0.1) is 0 Å². The molecule has 0 radical (unpaired) electrons. The minimum Gasteiger partial charge on any atom is -0.466 e. The number of carbonyl (C=O) groups is 1. The van der Waals surface area contributed by atoms with Crippen molar-refractivity contribution in [2.45, 2.75) is 32.7 Å². The van der Waals surface area contributed by atoms with Crippen LogP contribution >= 0.6 is 0 Å². The molecule has 0 spiro atoms. The van der Waals surface area contributed by atoms with Gasteiger partial charge in [-0.3, -0.25) is 9.48 Å². The summed E-state index contributed by atoms with van der Waals surface area (Å²) in [7, 11) is 0. The van der Waals surface area contributed by atoms with Crippen LogP contribution in [0.5, 0.6) is 0 Å². The molecule has 6 nitrogen and oxygen atoms in total. The predicted octanol–water partition coefficient (Wildman–Crippen LogP) is 3.11. The van der Waals surface area contributed by atoms with Crippen molar-refractivity contribution in [3.8, 4) is 11.1 Å². The maximum Gasteiger partial charge on any atom is 0.308 e. The van der Waals surface area contributed by atoms with E-state index in [1.807, 2.05) is 56.2 Å². The number of aromatic nitrogens is 4. The highest BCUT2D eigenvalue weighted by molar-refractivity contribution is 5.92. The van der Waals surface area contributed by atoms with E-state index in [0.717, 1.165) is 22.2 Å². The average Bonchev–Trinajstić information content (AvgIpc) is 3.16. The second-order valence-electron chi connectivity index (χ2n) is 6.07. The van der Waals surface area contributed by atoms with Gasteiger partial charge in [0.1, 0.15) is 5.65 Å². The fraction of sp³-hybridized carbons (Fsp3) is 0.353. The van der Waals surface area contributed by atoms with E-state index >= 15 is 0 Å². The molecule has 3 aromatic rings. The third-order valence-electron chi connectivity index (χ3n) is 3.86. The van der Waals surface area contributed by atoms with Crippen LogP contribution in [0.4, 0.5) is 0 Å². The van der Waals surface area contributed by atoms with Gasteiger partial charge in [0.2, 0.25) is 0 Å². The summed E-state index contributed by atoms with van der Waals surface area (Å²) in [6.45, 7) is 6.14. The summed E-state index contributed by atoms with van der Waals surface area (Å²) in [4.78, 5) is 19.2. The molecule has 3 heterocycles. The van der Waals surface area contributed by atoms with Gasteiger partial charge < -0.3 is 9.72 Å². The molecule has 3 aromatic heterocycles. The molecule has 120 valence electrons. The number of nitrogens with zero attached hydrogens (tertiary/aromatic N) is 3. The zero-order chi connectivity index (χ0) is 16.4. The average molecular weight is 312 g/mol. The zero-order valence-electron chi connectivity index (χ0n) is 13.5. The Bertz CT molecular complexity index is 832. The molecule has 23 heavy (non-hydrogen) atoms. The monoisotopic (exact) mass is 312 g/mol. The third-order valence-corrected chi connectivity index (χ3v) is 3.86. The highest BCUT2D eigenvalue weighted by Crippen LogP contribution is 2.29. The first kappa shape index (κ1) is 15.3. The standard InChI is InChI=1S/C17H20N4O2/c1-4-23-15(22)9-17(2,3)21-11-12(10-20-21)13-5-7-18-16-14(13)6-8-19-16/h5-8,10-11H,4,9H2,1-3H3,(H,18,19). The Labute approximate surface area is 134 Å². The molecule has 0 aliphatic heterocycles. The van der Waals surface area contributed by atoms with E-state index in [1.54, 1.807) is 6.20 Å². The Morgan fingerprint density at radius 2 is 2.22 bits per heavy atom. The van der Waals surface area contributed by atoms with Crippen LogP contribution in [0.3, 0.4) is 0 Å². The van der Waals surface area contributed by atoms with E-state index in [-0.39, 0.29) is 12.4 Å². The highest BCUT2D eigenvalue weighted by atomic mass is 16.5. The van der Waals surface area contributed by atoms with E-state index in [1.165, 1.54) is 0 Å². The van der Waals surface area contributed by atoms with Crippen LogP contribution in [0.2, 0.25) is 0 Å². The number of aromatic amines is 1. The molecule has 0 atom stereocenters. The Hall–Kier alpha value is -2.63. The fourth-order valence-corrected chi connectivity index (χ4v) is 2.65. The van der Waals surface area contributed by atoms with Gasteiger partial charge >= 0.3 is 5.97 Å². The lowest BCUT2D eigenvalue weighted by molar-refractivity contribution is -0.145. The summed E-state index contributed by atoms with van der Waals surface area (Å²) in [5, 5.41) is 5.50. The van der Waals surface area contributed by atoms with Crippen LogP contribution in [0.25, 0.3) is 22.2 Å². The van der Waals surface area contributed by atoms with E-state index in [0.29, 0.717) is 6.61 Å². The van der Waals surface area contributed by atoms with Crippen molar-refractivity contribution >= 4 is 17.0 Å². The SMILES string of the molecule is CCOC(=O)CC(C)(C)n1cc(-c2ccnc3[nH]ccc23)cn1. The van der Waals surface area contributed by atoms with Crippen LogP contribution in [0.15, 0.2) is 36.9 Å². The molecule has 0 saturated heterocycles. The molecule has 6 heteroatoms. The lowest BCUT2D eigenvalue weighted by Gasteiger charge is -2.24. The number of nitrogens with one attached hydrogen (secondary N) is 1. The number of hydrogen-bond acceptors (Lipinski definition) is 4. The highest BCUT2D eigenvalue weighted by Gasteiger charge is 2.26. The zero-order valence-corrected chi connectivity index (χ0v) is 13.5. The molecule has 1 N–H and O–H groups in total. The third kappa shape index (κ3) is 2.97. The summed E-state index contributed by atoms with van der Waals surface area (Å²) < 4.78 is 6.86. The number of rotatable bonds is 5. The number of H-pyrrole nitrogens is 1. The second kappa shape index (κ2) is 5.87. The van der Waals surface area contributed by atoms with Gasteiger partial charge in [0.05, 0.1) is 24.8 Å². The summed E-state index contributed by atoms with van der Waals surface area (Å²) in [5.41, 5.74) is 2.46. The minimum absolute atomic E-state index is 0.216. The normalized spacial score (nSPS) is 11.8. The molecule has 0 aromatic carbocycles. The lowest BCUT2D eigenvalue weighted by atomic mass is 10.0. The molecule has 0 saturated carbocycles. The maximum atomic E-state index is 11.8. The van der Waals surface area contributed by atoms with Gasteiger partial charge in [0, 0.05) is 29.5 Å². The first-order valence-electron chi connectivity index (χ1n) is 7.64. The van der Waals surface area contributed by atoms with Crippen molar-refractivity contribution in [1.29, 1.82) is 0 Å². The van der Waals surface area contributed by atoms with Crippen LogP contribution in [0.1, 0.15) is 27.2 Å². The Balaban J connectivity index is 1.91. The van der Waals surface area contributed by atoms with E-state index in [9.17, 15) is 4.79 Å². The van der Waals surface area contributed by atoms with Gasteiger partial charge in [0.25, 0.3) is 0 Å². The predicted molar refractivity (Wildman–Crippen MR) is 87.9 cm³/mol.